The highest BCUT2D eigenvalue weighted by molar-refractivity contribution is 5.69. The van der Waals surface area contributed by atoms with Gasteiger partial charge in [-0.1, -0.05) is 23.3 Å². The molecule has 0 N–H and O–H groups in total. The molecule has 5 heteroatoms. The van der Waals surface area contributed by atoms with E-state index in [0.717, 1.165) is 31.1 Å². The summed E-state index contributed by atoms with van der Waals surface area (Å²) in [7, 11) is 0. The summed E-state index contributed by atoms with van der Waals surface area (Å²) in [6.07, 6.45) is 9.25. The Labute approximate surface area is 150 Å². The van der Waals surface area contributed by atoms with E-state index in [-0.39, 0.29) is 11.5 Å². The number of likely N-dealkylation sites (tertiary alicyclic amines) is 1. The van der Waals surface area contributed by atoms with E-state index in [0.29, 0.717) is 32.4 Å². The molecule has 2 aliphatic rings. The number of hydrogen-bond donors (Lipinski definition) is 0. The van der Waals surface area contributed by atoms with Gasteiger partial charge in [0.25, 0.3) is 0 Å². The van der Waals surface area contributed by atoms with E-state index in [1.54, 1.807) is 4.90 Å². The molecular formula is C20H28N2O3. The molecule has 0 unspecified atom stereocenters. The third-order valence-corrected chi connectivity index (χ3v) is 4.87. The third kappa shape index (κ3) is 5.45. The van der Waals surface area contributed by atoms with Gasteiger partial charge in [0, 0.05) is 18.5 Å². The Morgan fingerprint density at radius 1 is 1.28 bits per heavy atom. The van der Waals surface area contributed by atoms with E-state index >= 15 is 0 Å². The SMILES string of the molecule is CC(C)(C)OC(=O)N1CCC(C=O)(CC2=CC=C(CC#N)CC2)CC1. The fraction of sp³-hybridized carbons (Fsp3) is 0.650. The number of allylic oxidation sites excluding steroid dienone is 4. The number of nitrogens with zero attached hydrogens (tertiary/aromatic N) is 2. The zero-order chi connectivity index (χ0) is 18.5. The van der Waals surface area contributed by atoms with E-state index in [1.165, 1.54) is 5.57 Å². The molecule has 0 spiro atoms. The molecule has 2 rings (SSSR count). The van der Waals surface area contributed by atoms with Gasteiger partial charge < -0.3 is 14.4 Å². The highest BCUT2D eigenvalue weighted by Crippen LogP contribution is 2.38. The van der Waals surface area contributed by atoms with Crippen LogP contribution in [0, 0.1) is 16.7 Å². The zero-order valence-electron chi connectivity index (χ0n) is 15.5. The molecule has 1 heterocycles. The van der Waals surface area contributed by atoms with Gasteiger partial charge >= 0.3 is 6.09 Å². The molecule has 0 atom stereocenters. The van der Waals surface area contributed by atoms with Crippen molar-refractivity contribution in [2.24, 2.45) is 5.41 Å². The van der Waals surface area contributed by atoms with Gasteiger partial charge in [-0.15, -0.1) is 0 Å². The van der Waals surface area contributed by atoms with Crippen molar-refractivity contribution in [3.63, 3.8) is 0 Å². The number of carbonyl (C=O) groups is 2. The van der Waals surface area contributed by atoms with Crippen molar-refractivity contribution in [2.75, 3.05) is 13.1 Å². The number of rotatable bonds is 4. The maximum absolute atomic E-state index is 12.2. The molecule has 1 amide bonds. The molecule has 0 aromatic heterocycles. The van der Waals surface area contributed by atoms with Gasteiger partial charge in [-0.25, -0.2) is 4.79 Å². The third-order valence-electron chi connectivity index (χ3n) is 4.87. The summed E-state index contributed by atoms with van der Waals surface area (Å²) in [4.78, 5) is 25.7. The number of carbonyl (C=O) groups excluding carboxylic acids is 2. The summed E-state index contributed by atoms with van der Waals surface area (Å²) in [6.45, 7) is 6.67. The van der Waals surface area contributed by atoms with Crippen LogP contribution in [0.15, 0.2) is 23.3 Å². The van der Waals surface area contributed by atoms with E-state index in [9.17, 15) is 9.59 Å². The van der Waals surface area contributed by atoms with Gasteiger partial charge in [0.2, 0.25) is 0 Å². The van der Waals surface area contributed by atoms with Gasteiger partial charge in [-0.05, 0) is 52.9 Å². The van der Waals surface area contributed by atoms with Gasteiger partial charge in [0.1, 0.15) is 11.9 Å². The van der Waals surface area contributed by atoms with Crippen LogP contribution in [0.1, 0.15) is 59.3 Å². The monoisotopic (exact) mass is 344 g/mol. The molecule has 1 fully saturated rings. The van der Waals surface area contributed by atoms with Gasteiger partial charge in [0.05, 0.1) is 12.5 Å². The smallest absolute Gasteiger partial charge is 0.410 e. The van der Waals surface area contributed by atoms with E-state index in [1.807, 2.05) is 26.8 Å². The lowest BCUT2D eigenvalue weighted by molar-refractivity contribution is -0.118. The topological polar surface area (TPSA) is 70.4 Å². The van der Waals surface area contributed by atoms with E-state index < -0.39 is 5.60 Å². The summed E-state index contributed by atoms with van der Waals surface area (Å²) < 4.78 is 5.42. The Bertz CT molecular complexity index is 612. The predicted molar refractivity (Wildman–Crippen MR) is 95.8 cm³/mol. The minimum atomic E-state index is -0.503. The first kappa shape index (κ1) is 19.2. The van der Waals surface area contributed by atoms with Crippen LogP contribution < -0.4 is 0 Å². The van der Waals surface area contributed by atoms with Gasteiger partial charge in [0.15, 0.2) is 0 Å². The largest absolute Gasteiger partial charge is 0.444 e. The molecule has 1 aliphatic heterocycles. The Morgan fingerprint density at radius 3 is 2.36 bits per heavy atom. The van der Waals surface area contributed by atoms with Gasteiger partial charge in [-0.2, -0.15) is 5.26 Å². The molecule has 5 nitrogen and oxygen atoms in total. The van der Waals surface area contributed by atoms with Gasteiger partial charge in [-0.3, -0.25) is 0 Å². The summed E-state index contributed by atoms with van der Waals surface area (Å²) in [5.74, 6) is 0. The van der Waals surface area contributed by atoms with Crippen LogP contribution in [-0.2, 0) is 9.53 Å². The average Bonchev–Trinajstić information content (AvgIpc) is 2.56. The first-order valence-electron chi connectivity index (χ1n) is 8.96. The van der Waals surface area contributed by atoms with E-state index in [2.05, 4.69) is 12.1 Å². The number of amides is 1. The quantitative estimate of drug-likeness (QED) is 0.718. The fourth-order valence-electron chi connectivity index (χ4n) is 3.37. The lowest BCUT2D eigenvalue weighted by Gasteiger charge is -2.39. The summed E-state index contributed by atoms with van der Waals surface area (Å²) in [6, 6.07) is 2.18. The number of hydrogen-bond acceptors (Lipinski definition) is 4. The van der Waals surface area contributed by atoms with Crippen LogP contribution in [-0.4, -0.2) is 36.0 Å². The lowest BCUT2D eigenvalue weighted by atomic mass is 9.73. The van der Waals surface area contributed by atoms with Crippen LogP contribution in [0.2, 0.25) is 0 Å². The maximum atomic E-state index is 12.2. The standard InChI is InChI=1S/C20H28N2O3/c1-19(2,3)25-18(24)22-12-9-20(15-23,10-13-22)14-17-6-4-16(5-7-17)8-11-21/h4,6,15H,5,7-10,12-14H2,1-3H3. The van der Waals surface area contributed by atoms with Crippen LogP contribution in [0.25, 0.3) is 0 Å². The van der Waals surface area contributed by atoms with Crippen molar-refractivity contribution in [1.29, 1.82) is 5.26 Å². The normalized spacial score (nSPS) is 20.2. The van der Waals surface area contributed by atoms with Crippen LogP contribution in [0.3, 0.4) is 0 Å². The molecule has 136 valence electrons. The maximum Gasteiger partial charge on any atom is 0.410 e. The number of nitriles is 1. The second-order valence-electron chi connectivity index (χ2n) is 8.11. The predicted octanol–water partition coefficient (Wildman–Crippen LogP) is 4.15. The first-order chi connectivity index (χ1) is 11.8. The number of aldehydes is 1. The molecule has 25 heavy (non-hydrogen) atoms. The highest BCUT2D eigenvalue weighted by Gasteiger charge is 2.37. The second-order valence-corrected chi connectivity index (χ2v) is 8.11. The molecule has 0 saturated carbocycles. The zero-order valence-corrected chi connectivity index (χ0v) is 15.5. The summed E-state index contributed by atoms with van der Waals surface area (Å²) in [5.41, 5.74) is 1.53. The minimum absolute atomic E-state index is 0.298. The Balaban J connectivity index is 1.95. The first-order valence-corrected chi connectivity index (χ1v) is 8.96. The van der Waals surface area contributed by atoms with Crippen LogP contribution in [0.4, 0.5) is 4.79 Å². The molecular weight excluding hydrogens is 316 g/mol. The fourth-order valence-corrected chi connectivity index (χ4v) is 3.37. The van der Waals surface area contributed by atoms with Crippen molar-refractivity contribution in [1.82, 2.24) is 4.90 Å². The molecule has 0 aromatic rings. The Morgan fingerprint density at radius 2 is 1.88 bits per heavy atom. The molecule has 1 aliphatic carbocycles. The Kier molecular flexibility index (Phi) is 6.05. The van der Waals surface area contributed by atoms with Crippen molar-refractivity contribution in [2.45, 2.75) is 64.9 Å². The molecule has 0 aromatic carbocycles. The molecule has 0 bridgehead atoms. The molecule has 0 radical (unpaired) electrons. The number of piperidine rings is 1. The van der Waals surface area contributed by atoms with Crippen molar-refractivity contribution < 1.29 is 14.3 Å². The Hall–Kier alpha value is -2.09. The van der Waals surface area contributed by atoms with Crippen molar-refractivity contribution >= 4 is 12.4 Å². The highest BCUT2D eigenvalue weighted by atomic mass is 16.6. The lowest BCUT2D eigenvalue weighted by Crippen LogP contribution is -2.45. The van der Waals surface area contributed by atoms with Crippen LogP contribution >= 0.6 is 0 Å². The van der Waals surface area contributed by atoms with Crippen molar-refractivity contribution in [3.8, 4) is 6.07 Å². The summed E-state index contributed by atoms with van der Waals surface area (Å²) in [5, 5.41) is 8.76. The van der Waals surface area contributed by atoms with E-state index in [4.69, 9.17) is 10.00 Å². The summed E-state index contributed by atoms with van der Waals surface area (Å²) >= 11 is 0. The molecule has 1 saturated heterocycles. The minimum Gasteiger partial charge on any atom is -0.444 e. The van der Waals surface area contributed by atoms with Crippen molar-refractivity contribution in [3.05, 3.63) is 23.3 Å². The van der Waals surface area contributed by atoms with Crippen LogP contribution in [0.5, 0.6) is 0 Å². The second kappa shape index (κ2) is 7.86. The number of ether oxygens (including phenoxy) is 1. The average molecular weight is 344 g/mol.